The Morgan fingerprint density at radius 2 is 2.06 bits per heavy atom. The zero-order valence-corrected chi connectivity index (χ0v) is 11.8. The fourth-order valence-corrected chi connectivity index (χ4v) is 1.94. The van der Waals surface area contributed by atoms with E-state index in [1.807, 2.05) is 0 Å². The number of carbonyl (C=O) groups excluding carboxylic acids is 2. The number of aromatic nitrogens is 1. The molecule has 1 unspecified atom stereocenters. The molecule has 4 nitrogen and oxygen atoms in total. The molecular formula is C13H10AsN2O2. The monoisotopic (exact) mass is 301 g/mol. The van der Waals surface area contributed by atoms with Crippen LogP contribution in [0.5, 0.6) is 0 Å². The minimum absolute atomic E-state index is 0.215. The van der Waals surface area contributed by atoms with Gasteiger partial charge in [0.2, 0.25) is 0 Å². The van der Waals surface area contributed by atoms with Gasteiger partial charge in [-0.25, -0.2) is 0 Å². The molecule has 5 heteroatoms. The van der Waals surface area contributed by atoms with E-state index in [9.17, 15) is 9.59 Å². The molecule has 1 aromatic heterocycles. The summed E-state index contributed by atoms with van der Waals surface area (Å²) in [6, 6.07) is 12.8. The van der Waals surface area contributed by atoms with Gasteiger partial charge in [-0.2, -0.15) is 0 Å². The Labute approximate surface area is 113 Å². The fourth-order valence-electron chi connectivity index (χ4n) is 1.36. The van der Waals surface area contributed by atoms with Gasteiger partial charge in [0.15, 0.2) is 0 Å². The molecule has 18 heavy (non-hydrogen) atoms. The second kappa shape index (κ2) is 5.60. The summed E-state index contributed by atoms with van der Waals surface area (Å²) in [5.74, 6) is -0.950. The van der Waals surface area contributed by atoms with E-state index in [1.54, 1.807) is 36.4 Å². The predicted octanol–water partition coefficient (Wildman–Crippen LogP) is -0.290. The van der Waals surface area contributed by atoms with Gasteiger partial charge in [0.05, 0.1) is 0 Å². The third kappa shape index (κ3) is 3.05. The van der Waals surface area contributed by atoms with Gasteiger partial charge < -0.3 is 0 Å². The van der Waals surface area contributed by atoms with E-state index >= 15 is 0 Å². The van der Waals surface area contributed by atoms with Crippen LogP contribution in [0.1, 0.15) is 20.8 Å². The molecule has 0 spiro atoms. The van der Waals surface area contributed by atoms with Crippen molar-refractivity contribution in [2.45, 2.75) is 0 Å². The molecule has 0 bridgehead atoms. The first kappa shape index (κ1) is 12.5. The molecule has 0 aliphatic heterocycles. The van der Waals surface area contributed by atoms with Crippen molar-refractivity contribution in [3.05, 3.63) is 59.9 Å². The Morgan fingerprint density at radius 3 is 2.72 bits per heavy atom. The number of rotatable bonds is 2. The maximum absolute atomic E-state index is 11.8. The number of pyridine rings is 1. The first-order chi connectivity index (χ1) is 8.66. The van der Waals surface area contributed by atoms with Gasteiger partial charge in [0, 0.05) is 0 Å². The van der Waals surface area contributed by atoms with Crippen molar-refractivity contribution in [3.63, 3.8) is 0 Å². The van der Waals surface area contributed by atoms with Crippen molar-refractivity contribution in [1.29, 1.82) is 0 Å². The third-order valence-electron chi connectivity index (χ3n) is 2.20. The van der Waals surface area contributed by atoms with Crippen LogP contribution in [-0.4, -0.2) is 33.7 Å². The molecule has 1 atom stereocenters. The first-order valence-corrected chi connectivity index (χ1v) is 6.41. The van der Waals surface area contributed by atoms with E-state index in [-0.39, 0.29) is 5.69 Å². The number of amides is 2. The number of hydrogen-bond acceptors (Lipinski definition) is 3. The number of benzene rings is 1. The summed E-state index contributed by atoms with van der Waals surface area (Å²) in [7, 11) is 0. The zero-order valence-electron chi connectivity index (χ0n) is 9.38. The van der Waals surface area contributed by atoms with E-state index in [0.29, 0.717) is 5.56 Å². The van der Waals surface area contributed by atoms with Crippen LogP contribution in [0.15, 0.2) is 42.6 Å². The van der Waals surface area contributed by atoms with Crippen LogP contribution in [0, 0.1) is 6.07 Å². The van der Waals surface area contributed by atoms with E-state index in [0.717, 1.165) is 4.35 Å². The second-order valence-electron chi connectivity index (χ2n) is 3.55. The summed E-state index contributed by atoms with van der Waals surface area (Å²) in [4.78, 5) is 27.4. The van der Waals surface area contributed by atoms with E-state index in [1.165, 1.54) is 23.0 Å². The summed E-state index contributed by atoms with van der Waals surface area (Å²) >= 11 is 1.40. The normalized spacial score (nSPS) is 9.83. The zero-order chi connectivity index (χ0) is 13.0. The van der Waals surface area contributed by atoms with Gasteiger partial charge in [0.25, 0.3) is 0 Å². The van der Waals surface area contributed by atoms with Crippen molar-refractivity contribution in [1.82, 2.24) is 10.3 Å². The summed E-state index contributed by atoms with van der Waals surface area (Å²) < 4.78 is 0.973. The van der Waals surface area contributed by atoms with Crippen molar-refractivity contribution in [3.8, 4) is 0 Å². The van der Waals surface area contributed by atoms with Crippen LogP contribution in [0.2, 0.25) is 0 Å². The molecule has 2 amide bonds. The summed E-state index contributed by atoms with van der Waals surface area (Å²) in [5.41, 5.74) is 0.632. The van der Waals surface area contributed by atoms with Gasteiger partial charge in [0.1, 0.15) is 0 Å². The Hall–Kier alpha value is -1.93. The third-order valence-corrected chi connectivity index (χ3v) is 2.90. The fraction of sp³-hybridized carbons (Fsp3) is 0. The van der Waals surface area contributed by atoms with Gasteiger partial charge in [-0.15, -0.1) is 0 Å². The molecular weight excluding hydrogens is 291 g/mol. The van der Waals surface area contributed by atoms with E-state index in [4.69, 9.17) is 0 Å². The van der Waals surface area contributed by atoms with Crippen LogP contribution in [-0.2, 0) is 0 Å². The topological polar surface area (TPSA) is 59.1 Å². The Morgan fingerprint density at radius 1 is 1.22 bits per heavy atom. The maximum atomic E-state index is 11.8. The molecule has 0 saturated carbocycles. The summed E-state index contributed by atoms with van der Waals surface area (Å²) in [6.07, 6.45) is 1.50. The van der Waals surface area contributed by atoms with Crippen molar-refractivity contribution >= 4 is 33.0 Å². The molecule has 0 saturated heterocycles. The number of carbonyl (C=O) groups is 2. The second-order valence-corrected chi connectivity index (χ2v) is 4.95. The number of nitrogens with one attached hydrogen (secondary N) is 1. The van der Waals surface area contributed by atoms with Crippen molar-refractivity contribution < 1.29 is 9.59 Å². The number of imide groups is 1. The minimum atomic E-state index is -0.507. The molecule has 1 radical (unpaired) electrons. The van der Waals surface area contributed by atoms with E-state index < -0.39 is 11.8 Å². The van der Waals surface area contributed by atoms with Crippen LogP contribution in [0.4, 0.5) is 0 Å². The van der Waals surface area contributed by atoms with Gasteiger partial charge in [-0.3, -0.25) is 0 Å². The molecule has 2 rings (SSSR count). The predicted molar refractivity (Wildman–Crippen MR) is 69.5 cm³/mol. The summed E-state index contributed by atoms with van der Waals surface area (Å²) in [5, 5.41) is 2.29. The Balaban J connectivity index is 2.11. The molecule has 1 aromatic carbocycles. The quantitative estimate of drug-likeness (QED) is 0.612. The molecule has 1 N–H and O–H groups in total. The Kier molecular flexibility index (Phi) is 3.90. The van der Waals surface area contributed by atoms with Crippen molar-refractivity contribution in [2.75, 3.05) is 0 Å². The van der Waals surface area contributed by atoms with Crippen molar-refractivity contribution in [2.24, 2.45) is 0 Å². The molecule has 1 heterocycles. The number of hydrogen-bond donors (Lipinski definition) is 1. The van der Waals surface area contributed by atoms with Crippen LogP contribution < -0.4 is 9.67 Å². The standard InChI is InChI=1S/C13H10AsN2O2/c14-10-5-3-4-9(8-10)12(17)16-13(18)11-6-1-2-7-15-11/h1-2,4-8H,14H2,(H,16,17,18). The van der Waals surface area contributed by atoms with Crippen LogP contribution >= 0.6 is 0 Å². The molecule has 0 aliphatic rings. The average Bonchev–Trinajstić information content (AvgIpc) is 2.39. The van der Waals surface area contributed by atoms with Crippen LogP contribution in [0.25, 0.3) is 0 Å². The van der Waals surface area contributed by atoms with Gasteiger partial charge in [-0.1, -0.05) is 0 Å². The van der Waals surface area contributed by atoms with Gasteiger partial charge in [-0.05, 0) is 0 Å². The van der Waals surface area contributed by atoms with Gasteiger partial charge >= 0.3 is 113 Å². The summed E-state index contributed by atoms with van der Waals surface area (Å²) in [6.45, 7) is 0. The first-order valence-electron chi connectivity index (χ1n) is 5.20. The molecule has 2 aromatic rings. The molecule has 0 fully saturated rings. The molecule has 89 valence electrons. The Bertz CT molecular complexity index is 585. The number of nitrogens with zero attached hydrogens (tertiary/aromatic N) is 1. The van der Waals surface area contributed by atoms with Crippen LogP contribution in [0.3, 0.4) is 0 Å². The molecule has 0 aliphatic carbocycles. The average molecular weight is 301 g/mol. The van der Waals surface area contributed by atoms with E-state index in [2.05, 4.69) is 16.4 Å². The SMILES string of the molecule is O=C(NC(=O)c1ccccn1)c1c[c]cc([AsH2])c1.